The van der Waals surface area contributed by atoms with Gasteiger partial charge in [-0.05, 0) is 38.5 Å². The highest BCUT2D eigenvalue weighted by Crippen LogP contribution is 2.25. The van der Waals surface area contributed by atoms with Gasteiger partial charge < -0.3 is 10.3 Å². The zero-order valence-corrected chi connectivity index (χ0v) is 15.9. The topological polar surface area (TPSA) is 103 Å². The largest absolute Gasteiger partial charge is 0.382 e. The van der Waals surface area contributed by atoms with Crippen molar-refractivity contribution in [3.63, 3.8) is 0 Å². The van der Waals surface area contributed by atoms with Crippen LogP contribution in [0.5, 0.6) is 0 Å². The first-order valence-electron chi connectivity index (χ1n) is 8.16. The third kappa shape index (κ3) is 3.50. The first-order valence-corrected chi connectivity index (χ1v) is 9.64. The first-order chi connectivity index (χ1) is 12.6. The molecule has 0 saturated heterocycles. The van der Waals surface area contributed by atoms with Crippen molar-refractivity contribution >= 4 is 26.9 Å². The van der Waals surface area contributed by atoms with Crippen molar-refractivity contribution in [1.29, 1.82) is 0 Å². The minimum absolute atomic E-state index is 0.00777. The SMILES string of the molecule is Cc1nc(N)c2nc(C)n(CCNS(=O)(=O)c3ccc(F)cc3F)c2c1C. The van der Waals surface area contributed by atoms with Crippen molar-refractivity contribution in [2.24, 2.45) is 0 Å². The molecule has 0 fully saturated rings. The van der Waals surface area contributed by atoms with E-state index < -0.39 is 26.6 Å². The highest BCUT2D eigenvalue weighted by molar-refractivity contribution is 7.89. The Labute approximate surface area is 155 Å². The Morgan fingerprint density at radius 3 is 2.56 bits per heavy atom. The number of anilines is 1. The second-order valence-electron chi connectivity index (χ2n) is 6.19. The molecule has 10 heteroatoms. The summed E-state index contributed by atoms with van der Waals surface area (Å²) in [6.07, 6.45) is 0. The summed E-state index contributed by atoms with van der Waals surface area (Å²) in [5.41, 5.74) is 8.94. The van der Waals surface area contributed by atoms with Crippen LogP contribution in [-0.2, 0) is 16.6 Å². The number of rotatable bonds is 5. The zero-order chi connectivity index (χ0) is 19.9. The molecule has 7 nitrogen and oxygen atoms in total. The minimum atomic E-state index is -4.12. The van der Waals surface area contributed by atoms with Crippen LogP contribution in [0.1, 0.15) is 17.1 Å². The number of nitrogens with zero attached hydrogens (tertiary/aromatic N) is 3. The number of halogens is 2. The van der Waals surface area contributed by atoms with Crippen LogP contribution >= 0.6 is 0 Å². The van der Waals surface area contributed by atoms with Gasteiger partial charge in [-0.1, -0.05) is 0 Å². The Morgan fingerprint density at radius 1 is 1.19 bits per heavy atom. The number of nitrogen functional groups attached to an aromatic ring is 1. The molecule has 0 aliphatic rings. The molecule has 2 aromatic heterocycles. The molecule has 27 heavy (non-hydrogen) atoms. The molecule has 3 aromatic rings. The van der Waals surface area contributed by atoms with Gasteiger partial charge in [0.2, 0.25) is 10.0 Å². The lowest BCUT2D eigenvalue weighted by Gasteiger charge is -2.12. The number of pyridine rings is 1. The van der Waals surface area contributed by atoms with E-state index in [1.54, 1.807) is 6.92 Å². The highest BCUT2D eigenvalue weighted by atomic mass is 32.2. The van der Waals surface area contributed by atoms with Gasteiger partial charge in [-0.25, -0.2) is 31.9 Å². The second-order valence-corrected chi connectivity index (χ2v) is 7.92. The summed E-state index contributed by atoms with van der Waals surface area (Å²) in [5, 5.41) is 0. The van der Waals surface area contributed by atoms with Crippen LogP contribution in [0.4, 0.5) is 14.6 Å². The van der Waals surface area contributed by atoms with Crippen molar-refractivity contribution in [1.82, 2.24) is 19.3 Å². The van der Waals surface area contributed by atoms with Crippen molar-refractivity contribution in [2.75, 3.05) is 12.3 Å². The van der Waals surface area contributed by atoms with E-state index in [2.05, 4.69) is 14.7 Å². The highest BCUT2D eigenvalue weighted by Gasteiger charge is 2.20. The summed E-state index contributed by atoms with van der Waals surface area (Å²) >= 11 is 0. The molecule has 0 saturated carbocycles. The van der Waals surface area contributed by atoms with Crippen LogP contribution in [0.2, 0.25) is 0 Å². The first kappa shape index (κ1) is 19.2. The second kappa shape index (κ2) is 6.86. The van der Waals surface area contributed by atoms with Gasteiger partial charge in [0.1, 0.15) is 27.9 Å². The van der Waals surface area contributed by atoms with Crippen LogP contribution in [0.25, 0.3) is 11.0 Å². The molecule has 1 aromatic carbocycles. The lowest BCUT2D eigenvalue weighted by molar-refractivity contribution is 0.540. The van der Waals surface area contributed by atoms with E-state index in [1.165, 1.54) is 0 Å². The number of nitrogens with one attached hydrogen (secondary N) is 1. The number of fused-ring (bicyclic) bond motifs is 1. The summed E-state index contributed by atoms with van der Waals surface area (Å²) in [6, 6.07) is 2.32. The number of hydrogen-bond acceptors (Lipinski definition) is 5. The summed E-state index contributed by atoms with van der Waals surface area (Å²) in [4.78, 5) is 8.06. The molecule has 0 aliphatic heterocycles. The van der Waals surface area contributed by atoms with Gasteiger partial charge in [-0.15, -0.1) is 0 Å². The fourth-order valence-corrected chi connectivity index (χ4v) is 4.03. The number of sulfonamides is 1. The number of nitrogens with two attached hydrogens (primary N) is 1. The Balaban J connectivity index is 1.86. The Bertz CT molecular complexity index is 1140. The summed E-state index contributed by atoms with van der Waals surface area (Å²) < 4.78 is 55.5. The maximum atomic E-state index is 13.8. The number of benzene rings is 1. The summed E-state index contributed by atoms with van der Waals surface area (Å²) in [7, 11) is -4.12. The molecule has 0 amide bonds. The number of hydrogen-bond donors (Lipinski definition) is 2. The van der Waals surface area contributed by atoms with Crippen LogP contribution in [0.3, 0.4) is 0 Å². The van der Waals surface area contributed by atoms with Crippen LogP contribution in [-0.4, -0.2) is 29.5 Å². The van der Waals surface area contributed by atoms with E-state index in [9.17, 15) is 17.2 Å². The van der Waals surface area contributed by atoms with E-state index >= 15 is 0 Å². The van der Waals surface area contributed by atoms with Gasteiger partial charge in [0.15, 0.2) is 5.82 Å². The maximum absolute atomic E-state index is 13.8. The standard InChI is InChI=1S/C17H19F2N5O2S/c1-9-10(2)22-17(20)15-16(9)24(11(3)23-15)7-6-21-27(25,26)14-5-4-12(18)8-13(14)19/h4-5,8,21H,6-7H2,1-3H3,(H2,20,22). The predicted molar refractivity (Wildman–Crippen MR) is 97.7 cm³/mol. The quantitative estimate of drug-likeness (QED) is 0.689. The van der Waals surface area contributed by atoms with Crippen molar-refractivity contribution in [3.8, 4) is 0 Å². The van der Waals surface area contributed by atoms with E-state index in [0.717, 1.165) is 28.9 Å². The molecule has 3 rings (SSSR count). The summed E-state index contributed by atoms with van der Waals surface area (Å²) in [5.74, 6) is -1.02. The van der Waals surface area contributed by atoms with E-state index in [1.807, 2.05) is 18.4 Å². The normalized spacial score (nSPS) is 12.0. The molecule has 144 valence electrons. The van der Waals surface area contributed by atoms with Gasteiger partial charge in [0.05, 0.1) is 5.52 Å². The monoisotopic (exact) mass is 395 g/mol. The van der Waals surface area contributed by atoms with E-state index in [-0.39, 0.29) is 13.1 Å². The molecule has 2 heterocycles. The minimum Gasteiger partial charge on any atom is -0.382 e. The summed E-state index contributed by atoms with van der Waals surface area (Å²) in [6.45, 7) is 5.75. The third-order valence-corrected chi connectivity index (χ3v) is 5.89. The van der Waals surface area contributed by atoms with Gasteiger partial charge in [0, 0.05) is 24.8 Å². The van der Waals surface area contributed by atoms with Gasteiger partial charge >= 0.3 is 0 Å². The smallest absolute Gasteiger partial charge is 0.243 e. The van der Waals surface area contributed by atoms with Crippen molar-refractivity contribution < 1.29 is 17.2 Å². The maximum Gasteiger partial charge on any atom is 0.243 e. The fourth-order valence-electron chi connectivity index (χ4n) is 2.95. The molecule has 0 aliphatic carbocycles. The average Bonchev–Trinajstić information content (AvgIpc) is 2.90. The molecule has 0 radical (unpaired) electrons. The molecular weight excluding hydrogens is 376 g/mol. The number of aromatic nitrogens is 3. The van der Waals surface area contributed by atoms with Crippen molar-refractivity contribution in [2.45, 2.75) is 32.2 Å². The molecule has 0 spiro atoms. The van der Waals surface area contributed by atoms with Crippen LogP contribution in [0.15, 0.2) is 23.1 Å². The molecular formula is C17H19F2N5O2S. The Kier molecular flexibility index (Phi) is 4.87. The molecule has 3 N–H and O–H groups in total. The molecule has 0 bridgehead atoms. The van der Waals surface area contributed by atoms with E-state index in [0.29, 0.717) is 23.2 Å². The number of aryl methyl sites for hydroxylation is 3. The molecule has 0 atom stereocenters. The fraction of sp³-hybridized carbons (Fsp3) is 0.294. The number of imidazole rings is 1. The van der Waals surface area contributed by atoms with Crippen LogP contribution < -0.4 is 10.5 Å². The lowest BCUT2D eigenvalue weighted by atomic mass is 10.2. The van der Waals surface area contributed by atoms with E-state index in [4.69, 9.17) is 5.73 Å². The molecule has 0 unspecified atom stereocenters. The zero-order valence-electron chi connectivity index (χ0n) is 15.0. The average molecular weight is 395 g/mol. The van der Waals surface area contributed by atoms with Crippen LogP contribution in [0, 0.1) is 32.4 Å². The lowest BCUT2D eigenvalue weighted by Crippen LogP contribution is -2.28. The van der Waals surface area contributed by atoms with Gasteiger partial charge in [-0.3, -0.25) is 0 Å². The van der Waals surface area contributed by atoms with Gasteiger partial charge in [0.25, 0.3) is 0 Å². The third-order valence-electron chi connectivity index (χ3n) is 4.40. The Morgan fingerprint density at radius 2 is 1.89 bits per heavy atom. The van der Waals surface area contributed by atoms with Crippen molar-refractivity contribution in [3.05, 3.63) is 46.9 Å². The predicted octanol–water partition coefficient (Wildman–Crippen LogP) is 2.20. The Hall–Kier alpha value is -2.59. The van der Waals surface area contributed by atoms with Gasteiger partial charge in [-0.2, -0.15) is 0 Å².